The number of nitrogens with zero attached hydrogens (tertiary/aromatic N) is 1. The second-order valence-corrected chi connectivity index (χ2v) is 12.5. The summed E-state index contributed by atoms with van der Waals surface area (Å²) < 4.78 is 47.5. The van der Waals surface area contributed by atoms with E-state index in [0.29, 0.717) is 17.7 Å². The second-order valence-electron chi connectivity index (χ2n) is 11.4. The van der Waals surface area contributed by atoms with Gasteiger partial charge in [0.15, 0.2) is 0 Å². The highest BCUT2D eigenvalue weighted by Crippen LogP contribution is 2.51. The predicted octanol–water partition coefficient (Wildman–Crippen LogP) is 5.66. The maximum Gasteiger partial charge on any atom is 0.412 e. The van der Waals surface area contributed by atoms with Crippen LogP contribution in [-0.2, 0) is 14.3 Å². The van der Waals surface area contributed by atoms with E-state index in [1.54, 1.807) is 32.2 Å². The van der Waals surface area contributed by atoms with Gasteiger partial charge < -0.3 is 14.9 Å². The first kappa shape index (κ1) is 30.5. The molecule has 0 radical (unpaired) electrons. The number of cyclic esters (lactones) is 1. The van der Waals surface area contributed by atoms with Crippen LogP contribution in [0, 0.1) is 36.0 Å². The molecule has 1 fully saturated rings. The van der Waals surface area contributed by atoms with Crippen molar-refractivity contribution in [3.05, 3.63) is 33.3 Å². The lowest BCUT2D eigenvalue weighted by atomic mass is 9.72. The number of rotatable bonds is 2. The molecule has 0 bridgehead atoms. The molecule has 0 amide bonds. The monoisotopic (exact) mass is 557 g/mol. The number of ether oxygens (including phenoxy) is 1. The molecule has 3 rings (SSSR count). The summed E-state index contributed by atoms with van der Waals surface area (Å²) in [4.78, 5) is 30.5. The molecule has 1 aliphatic carbocycles. The smallest absolute Gasteiger partial charge is 0.412 e. The van der Waals surface area contributed by atoms with Crippen LogP contribution in [0.2, 0.25) is 0 Å². The Balaban J connectivity index is 1.98. The van der Waals surface area contributed by atoms with Crippen molar-refractivity contribution in [2.24, 2.45) is 29.1 Å². The number of ketones is 1. The molecular weight excluding hydrogens is 519 g/mol. The third-order valence-corrected chi connectivity index (χ3v) is 8.96. The number of thiazole rings is 1. The van der Waals surface area contributed by atoms with Gasteiger partial charge in [0.2, 0.25) is 0 Å². The van der Waals surface area contributed by atoms with Gasteiger partial charge in [0.05, 0.1) is 34.7 Å². The van der Waals surface area contributed by atoms with Crippen molar-refractivity contribution in [2.45, 2.75) is 91.7 Å². The summed E-state index contributed by atoms with van der Waals surface area (Å²) in [6.07, 6.45) is -5.66. The Morgan fingerprint density at radius 3 is 2.45 bits per heavy atom. The number of carbonyl (C=O) groups is 2. The van der Waals surface area contributed by atoms with Crippen LogP contribution < -0.4 is 0 Å². The van der Waals surface area contributed by atoms with Crippen LogP contribution in [-0.4, -0.2) is 51.4 Å². The summed E-state index contributed by atoms with van der Waals surface area (Å²) in [6, 6.07) is 0. The quantitative estimate of drug-likeness (QED) is 0.360. The fourth-order valence-corrected chi connectivity index (χ4v) is 5.90. The average molecular weight is 558 g/mol. The normalized spacial score (nSPS) is 35.2. The van der Waals surface area contributed by atoms with E-state index in [9.17, 15) is 33.0 Å². The zero-order valence-electron chi connectivity index (χ0n) is 22.7. The first-order valence-electron chi connectivity index (χ1n) is 13.0. The maximum atomic E-state index is 14.0. The molecule has 1 saturated carbocycles. The highest BCUT2D eigenvalue weighted by Gasteiger charge is 2.49. The third-order valence-electron chi connectivity index (χ3n) is 8.16. The van der Waals surface area contributed by atoms with E-state index < -0.39 is 65.5 Å². The number of halogens is 3. The topological polar surface area (TPSA) is 96.7 Å². The molecule has 0 spiro atoms. The van der Waals surface area contributed by atoms with Crippen molar-refractivity contribution >= 4 is 29.2 Å². The number of fused-ring (bicyclic) bond motifs is 1. The Bertz CT molecular complexity index is 1090. The number of alkyl halides is 3. The number of hydrogen-bond donors (Lipinski definition) is 2. The number of carbonyl (C=O) groups excluding carboxylic acids is 2. The largest absolute Gasteiger partial charge is 0.457 e. The Morgan fingerprint density at radius 2 is 1.87 bits per heavy atom. The van der Waals surface area contributed by atoms with E-state index in [1.165, 1.54) is 25.2 Å². The summed E-state index contributed by atoms with van der Waals surface area (Å²) in [5, 5.41) is 24.4. The Morgan fingerprint density at radius 1 is 1.21 bits per heavy atom. The van der Waals surface area contributed by atoms with Crippen molar-refractivity contribution in [1.29, 1.82) is 0 Å². The Kier molecular flexibility index (Phi) is 9.31. The van der Waals surface area contributed by atoms with E-state index in [2.05, 4.69) is 4.98 Å². The van der Waals surface area contributed by atoms with Gasteiger partial charge in [-0.25, -0.2) is 4.98 Å². The molecule has 0 aromatic carbocycles. The summed E-state index contributed by atoms with van der Waals surface area (Å²) in [5.41, 5.74) is -0.909. The molecule has 2 heterocycles. The maximum absolute atomic E-state index is 14.0. The Hall–Kier alpha value is -2.04. The average Bonchev–Trinajstić information content (AvgIpc) is 3.48. The minimum Gasteiger partial charge on any atom is -0.457 e. The van der Waals surface area contributed by atoms with Crippen LogP contribution in [0.15, 0.2) is 22.6 Å². The van der Waals surface area contributed by atoms with Gasteiger partial charge in [0.25, 0.3) is 0 Å². The minimum absolute atomic E-state index is 0.143. The number of esters is 1. The number of hydrogen-bond acceptors (Lipinski definition) is 7. The number of aliphatic hydroxyl groups excluding tert-OH is 2. The van der Waals surface area contributed by atoms with Gasteiger partial charge in [0, 0.05) is 23.3 Å². The fraction of sp³-hybridized carbons (Fsp3) is 0.679. The number of aryl methyl sites for hydroxylation is 1. The molecule has 212 valence electrons. The summed E-state index contributed by atoms with van der Waals surface area (Å²) in [5.74, 6) is -2.91. The SMILES string of the molecule is CC(=Cc1csc(C)n1)[C@H]1C/C=C(/C(F)(F)F)C[C@H]2C[C@H]2[C@H](C)[C@H](O)[C@@H](C)C(=O)C(C)(C)[C@@H](O)CC(=O)O1. The number of aliphatic hydroxyl groups is 2. The molecule has 0 saturated heterocycles. The van der Waals surface area contributed by atoms with E-state index >= 15 is 0 Å². The highest BCUT2D eigenvalue weighted by atomic mass is 32.1. The molecule has 2 aliphatic rings. The van der Waals surface area contributed by atoms with Gasteiger partial charge in [0.1, 0.15) is 11.9 Å². The van der Waals surface area contributed by atoms with E-state index in [-0.39, 0.29) is 24.7 Å². The van der Waals surface area contributed by atoms with Crippen molar-refractivity contribution in [3.63, 3.8) is 0 Å². The van der Waals surface area contributed by atoms with Gasteiger partial charge in [-0.3, -0.25) is 9.59 Å². The van der Waals surface area contributed by atoms with Gasteiger partial charge >= 0.3 is 12.1 Å². The predicted molar refractivity (Wildman–Crippen MR) is 139 cm³/mol. The summed E-state index contributed by atoms with van der Waals surface area (Å²) in [6.45, 7) is 9.86. The van der Waals surface area contributed by atoms with Crippen LogP contribution >= 0.6 is 11.3 Å². The molecular formula is C28H38F3NO5S. The lowest BCUT2D eigenvalue weighted by Gasteiger charge is -2.34. The van der Waals surface area contributed by atoms with E-state index in [4.69, 9.17) is 4.74 Å². The zero-order valence-corrected chi connectivity index (χ0v) is 23.5. The number of aromatic nitrogens is 1. The number of Topliss-reactive ketones (excluding diaryl/α,β-unsaturated/α-hetero) is 1. The summed E-state index contributed by atoms with van der Waals surface area (Å²) >= 11 is 1.42. The molecule has 0 unspecified atom stereocenters. The van der Waals surface area contributed by atoms with E-state index in [0.717, 1.165) is 11.1 Å². The van der Waals surface area contributed by atoms with Gasteiger partial charge in [-0.2, -0.15) is 13.2 Å². The first-order chi connectivity index (χ1) is 17.5. The molecule has 1 aliphatic heterocycles. The standard InChI is InChI=1S/C28H38F3NO5S/c1-14(9-20-13-38-17(4)32-20)22-8-7-19(28(29,30)31)10-18-11-21(18)15(2)25(35)16(3)26(36)27(5,6)23(33)12-24(34)37-22/h7,9,13,15-16,18,21-23,25,33,35H,8,10-12H2,1-6H3/b14-9?,19-7+/t15-,16+,18-,21-,22+,23-,25-/m0/s1. The molecule has 10 heteroatoms. The van der Waals surface area contributed by atoms with Gasteiger partial charge in [-0.1, -0.05) is 33.8 Å². The van der Waals surface area contributed by atoms with Crippen LogP contribution in [0.5, 0.6) is 0 Å². The lowest BCUT2D eigenvalue weighted by molar-refractivity contribution is -0.154. The molecule has 2 N–H and O–H groups in total. The second kappa shape index (κ2) is 11.6. The minimum atomic E-state index is -4.55. The van der Waals surface area contributed by atoms with Crippen LogP contribution in [0.25, 0.3) is 6.08 Å². The lowest BCUT2D eigenvalue weighted by Crippen LogP contribution is -2.46. The van der Waals surface area contributed by atoms with Crippen molar-refractivity contribution < 1.29 is 37.7 Å². The highest BCUT2D eigenvalue weighted by molar-refractivity contribution is 7.09. The van der Waals surface area contributed by atoms with Crippen LogP contribution in [0.3, 0.4) is 0 Å². The molecule has 1 aromatic heterocycles. The van der Waals surface area contributed by atoms with Crippen molar-refractivity contribution in [2.75, 3.05) is 0 Å². The van der Waals surface area contributed by atoms with Gasteiger partial charge in [-0.05, 0) is 56.1 Å². The molecule has 7 atom stereocenters. The van der Waals surface area contributed by atoms with Crippen molar-refractivity contribution in [1.82, 2.24) is 4.98 Å². The van der Waals surface area contributed by atoms with Crippen molar-refractivity contribution in [3.8, 4) is 0 Å². The number of allylic oxidation sites excluding steroid dienone is 1. The zero-order chi connectivity index (χ0) is 28.6. The third kappa shape index (κ3) is 7.12. The van der Waals surface area contributed by atoms with Crippen LogP contribution in [0.4, 0.5) is 13.2 Å². The molecule has 1 aromatic rings. The van der Waals surface area contributed by atoms with Crippen LogP contribution in [0.1, 0.15) is 71.0 Å². The molecule has 38 heavy (non-hydrogen) atoms. The first-order valence-corrected chi connectivity index (χ1v) is 13.9. The Labute approximate surface area is 226 Å². The van der Waals surface area contributed by atoms with E-state index in [1.807, 2.05) is 6.92 Å². The summed E-state index contributed by atoms with van der Waals surface area (Å²) in [7, 11) is 0. The fourth-order valence-electron chi connectivity index (χ4n) is 5.33. The molecule has 6 nitrogen and oxygen atoms in total. The van der Waals surface area contributed by atoms with Gasteiger partial charge in [-0.15, -0.1) is 11.3 Å².